The number of thiazole rings is 1. The van der Waals surface area contributed by atoms with Crippen LogP contribution >= 0.6 is 39.0 Å². The van der Waals surface area contributed by atoms with E-state index in [9.17, 15) is 9.59 Å². The van der Waals surface area contributed by atoms with E-state index >= 15 is 0 Å². The maximum atomic E-state index is 13.5. The summed E-state index contributed by atoms with van der Waals surface area (Å²) in [5.41, 5.74) is 1.39. The molecule has 0 saturated heterocycles. The van der Waals surface area contributed by atoms with Crippen LogP contribution < -0.4 is 10.3 Å². The first kappa shape index (κ1) is 18.6. The third kappa shape index (κ3) is 2.94. The van der Waals surface area contributed by atoms with Crippen LogP contribution in [0, 0.1) is 0 Å². The molecule has 0 N–H and O–H groups in total. The smallest absolute Gasteiger partial charge is 0.297 e. The lowest BCUT2D eigenvalue weighted by atomic mass is 9.99. The van der Waals surface area contributed by atoms with Crippen molar-refractivity contribution in [3.8, 4) is 0 Å². The molecule has 0 spiro atoms. The molecular weight excluding hydrogens is 472 g/mol. The second-order valence-corrected chi connectivity index (χ2v) is 9.15. The predicted octanol–water partition coefficient (Wildman–Crippen LogP) is 5.48. The first-order chi connectivity index (χ1) is 14.1. The molecule has 5 nitrogen and oxygen atoms in total. The van der Waals surface area contributed by atoms with E-state index in [1.54, 1.807) is 41.1 Å². The minimum atomic E-state index is -0.584. The van der Waals surface area contributed by atoms with Gasteiger partial charge in [-0.15, -0.1) is 23.1 Å². The van der Waals surface area contributed by atoms with Gasteiger partial charge < -0.3 is 4.42 Å². The van der Waals surface area contributed by atoms with Crippen molar-refractivity contribution >= 4 is 61.0 Å². The number of fused-ring (bicyclic) bond motifs is 2. The standard InChI is InChI=1S/C21H13BrN2O3S2/c1-28-13-5-2-11(3-6-13)17-16-18(25)14-10-12(22)4-7-15(14)27-19(16)20(26)24(17)21-23-8-9-29-21/h2-10,17H,1H3/t17-/m1/s1. The van der Waals surface area contributed by atoms with E-state index in [1.165, 1.54) is 11.3 Å². The van der Waals surface area contributed by atoms with Gasteiger partial charge in [0.15, 0.2) is 10.6 Å². The Bertz CT molecular complexity index is 1300. The average Bonchev–Trinajstić information content (AvgIpc) is 3.35. The summed E-state index contributed by atoms with van der Waals surface area (Å²) in [6, 6.07) is 12.5. The number of benzene rings is 2. The highest BCUT2D eigenvalue weighted by molar-refractivity contribution is 9.10. The number of nitrogens with zero attached hydrogens (tertiary/aromatic N) is 2. The summed E-state index contributed by atoms with van der Waals surface area (Å²) < 4.78 is 6.72. The van der Waals surface area contributed by atoms with Crippen molar-refractivity contribution in [2.24, 2.45) is 0 Å². The molecule has 4 aromatic rings. The van der Waals surface area contributed by atoms with Crippen molar-refractivity contribution in [3.05, 3.63) is 85.6 Å². The minimum absolute atomic E-state index is 0.0824. The summed E-state index contributed by atoms with van der Waals surface area (Å²) in [4.78, 5) is 33.8. The van der Waals surface area contributed by atoms with Crippen molar-refractivity contribution in [1.82, 2.24) is 4.98 Å². The van der Waals surface area contributed by atoms with E-state index < -0.39 is 6.04 Å². The molecule has 2 aromatic carbocycles. The van der Waals surface area contributed by atoms with Crippen molar-refractivity contribution in [3.63, 3.8) is 0 Å². The van der Waals surface area contributed by atoms with Crippen LogP contribution in [0.1, 0.15) is 27.7 Å². The van der Waals surface area contributed by atoms with Crippen LogP contribution in [0.3, 0.4) is 0 Å². The third-order valence-corrected chi connectivity index (χ3v) is 6.90. The Hall–Kier alpha value is -2.42. The summed E-state index contributed by atoms with van der Waals surface area (Å²) in [7, 11) is 0. The van der Waals surface area contributed by atoms with Gasteiger partial charge in [-0.25, -0.2) is 4.98 Å². The van der Waals surface area contributed by atoms with Crippen LogP contribution in [0.2, 0.25) is 0 Å². The predicted molar refractivity (Wildman–Crippen MR) is 119 cm³/mol. The molecule has 8 heteroatoms. The molecule has 0 unspecified atom stereocenters. The molecule has 1 amide bonds. The monoisotopic (exact) mass is 484 g/mol. The highest BCUT2D eigenvalue weighted by atomic mass is 79.9. The van der Waals surface area contributed by atoms with Gasteiger partial charge in [-0.3, -0.25) is 14.5 Å². The van der Waals surface area contributed by atoms with Crippen molar-refractivity contribution in [1.29, 1.82) is 0 Å². The fraction of sp³-hybridized carbons (Fsp3) is 0.0952. The minimum Gasteiger partial charge on any atom is -0.450 e. The normalized spacial score (nSPS) is 15.9. The maximum absolute atomic E-state index is 13.5. The first-order valence-electron chi connectivity index (χ1n) is 8.71. The van der Waals surface area contributed by atoms with Crippen LogP contribution in [-0.4, -0.2) is 17.1 Å². The molecule has 0 fully saturated rings. The van der Waals surface area contributed by atoms with Crippen LogP contribution in [0.5, 0.6) is 0 Å². The van der Waals surface area contributed by atoms with E-state index in [0.29, 0.717) is 21.7 Å². The lowest BCUT2D eigenvalue weighted by Crippen LogP contribution is -2.29. The SMILES string of the molecule is CSc1ccc([C@@H]2c3c(oc4ccc(Br)cc4c3=O)C(=O)N2c2nccs2)cc1. The fourth-order valence-corrected chi connectivity index (χ4v) is 5.02. The second kappa shape index (κ2) is 7.12. The van der Waals surface area contributed by atoms with Gasteiger partial charge in [-0.1, -0.05) is 28.1 Å². The molecular formula is C21H13BrN2O3S2. The lowest BCUT2D eigenvalue weighted by molar-refractivity contribution is 0.0971. The summed E-state index contributed by atoms with van der Waals surface area (Å²) in [6.45, 7) is 0. The van der Waals surface area contributed by atoms with E-state index in [2.05, 4.69) is 20.9 Å². The molecule has 29 heavy (non-hydrogen) atoms. The van der Waals surface area contributed by atoms with Crippen LogP contribution in [0.25, 0.3) is 11.0 Å². The number of amides is 1. The number of halogens is 1. The Morgan fingerprint density at radius 3 is 2.66 bits per heavy atom. The van der Waals surface area contributed by atoms with E-state index in [1.807, 2.05) is 35.9 Å². The largest absolute Gasteiger partial charge is 0.450 e. The highest BCUT2D eigenvalue weighted by Crippen LogP contribution is 2.42. The number of anilines is 1. The highest BCUT2D eigenvalue weighted by Gasteiger charge is 2.44. The third-order valence-electron chi connectivity index (χ3n) is 4.89. The summed E-state index contributed by atoms with van der Waals surface area (Å²) >= 11 is 6.40. The first-order valence-corrected chi connectivity index (χ1v) is 11.6. The zero-order valence-corrected chi connectivity index (χ0v) is 18.3. The molecule has 3 heterocycles. The van der Waals surface area contributed by atoms with Gasteiger partial charge in [0, 0.05) is 20.9 Å². The Kier molecular flexibility index (Phi) is 4.57. The van der Waals surface area contributed by atoms with Gasteiger partial charge in [0.25, 0.3) is 5.91 Å². The van der Waals surface area contributed by atoms with Crippen LogP contribution in [0.15, 0.2) is 72.6 Å². The lowest BCUT2D eigenvalue weighted by Gasteiger charge is -2.22. The zero-order chi connectivity index (χ0) is 20.1. The zero-order valence-electron chi connectivity index (χ0n) is 15.1. The fourth-order valence-electron chi connectivity index (χ4n) is 3.58. The molecule has 5 rings (SSSR count). The molecule has 0 aliphatic carbocycles. The van der Waals surface area contributed by atoms with E-state index in [-0.39, 0.29) is 17.1 Å². The van der Waals surface area contributed by atoms with E-state index in [4.69, 9.17) is 4.42 Å². The molecule has 1 atom stereocenters. The summed E-state index contributed by atoms with van der Waals surface area (Å²) in [5.74, 6) is -0.269. The maximum Gasteiger partial charge on any atom is 0.297 e. The second-order valence-electron chi connectivity index (χ2n) is 6.48. The Labute approximate surface area is 182 Å². The van der Waals surface area contributed by atoms with Crippen molar-refractivity contribution in [2.75, 3.05) is 11.2 Å². The number of thioether (sulfide) groups is 1. The molecule has 2 aromatic heterocycles. The van der Waals surface area contributed by atoms with Crippen LogP contribution in [0.4, 0.5) is 5.13 Å². The topological polar surface area (TPSA) is 63.4 Å². The number of hydrogen-bond donors (Lipinski definition) is 0. The van der Waals surface area contributed by atoms with Gasteiger partial charge in [-0.2, -0.15) is 0 Å². The molecule has 0 radical (unpaired) electrons. The molecule has 1 aliphatic heterocycles. The average molecular weight is 485 g/mol. The Balaban J connectivity index is 1.80. The Morgan fingerprint density at radius 2 is 1.97 bits per heavy atom. The molecule has 144 valence electrons. The molecule has 1 aliphatic rings. The van der Waals surface area contributed by atoms with Gasteiger partial charge in [0.05, 0.1) is 17.0 Å². The van der Waals surface area contributed by atoms with E-state index in [0.717, 1.165) is 14.9 Å². The molecule has 0 saturated carbocycles. The molecule has 0 bridgehead atoms. The number of aromatic nitrogens is 1. The van der Waals surface area contributed by atoms with Gasteiger partial charge in [0.1, 0.15) is 5.58 Å². The van der Waals surface area contributed by atoms with Gasteiger partial charge in [-0.05, 0) is 42.2 Å². The van der Waals surface area contributed by atoms with Gasteiger partial charge in [0.2, 0.25) is 5.76 Å². The van der Waals surface area contributed by atoms with Crippen molar-refractivity contribution in [2.45, 2.75) is 10.9 Å². The Morgan fingerprint density at radius 1 is 1.17 bits per heavy atom. The number of carbonyl (C=O) groups excluding carboxylic acids is 1. The number of rotatable bonds is 3. The summed E-state index contributed by atoms with van der Waals surface area (Å²) in [6.07, 6.45) is 3.65. The van der Waals surface area contributed by atoms with Crippen molar-refractivity contribution < 1.29 is 9.21 Å². The number of hydrogen-bond acceptors (Lipinski definition) is 6. The van der Waals surface area contributed by atoms with Gasteiger partial charge >= 0.3 is 0 Å². The summed E-state index contributed by atoms with van der Waals surface area (Å²) in [5, 5.41) is 2.78. The quantitative estimate of drug-likeness (QED) is 0.360. The number of carbonyl (C=O) groups is 1. The van der Waals surface area contributed by atoms with Crippen LogP contribution in [-0.2, 0) is 0 Å².